The molecule has 0 aromatic carbocycles. The highest BCUT2D eigenvalue weighted by atomic mass is 32.1. The SMILES string of the molecule is CCC1=CC=CCC1=S. The quantitative estimate of drug-likeness (QED) is 0.502. The lowest BCUT2D eigenvalue weighted by Crippen LogP contribution is -1.99. The van der Waals surface area contributed by atoms with Crippen LogP contribution in [0.5, 0.6) is 0 Å². The largest absolute Gasteiger partial charge is 0.0843 e. The van der Waals surface area contributed by atoms with Crippen molar-refractivity contribution in [3.63, 3.8) is 0 Å². The van der Waals surface area contributed by atoms with Crippen molar-refractivity contribution in [1.29, 1.82) is 0 Å². The van der Waals surface area contributed by atoms with Crippen LogP contribution in [0.3, 0.4) is 0 Å². The summed E-state index contributed by atoms with van der Waals surface area (Å²) in [6, 6.07) is 0. The number of hydrogen-bond donors (Lipinski definition) is 0. The van der Waals surface area contributed by atoms with Gasteiger partial charge in [0.25, 0.3) is 0 Å². The molecule has 0 atom stereocenters. The Morgan fingerprint density at radius 3 is 2.89 bits per heavy atom. The second kappa shape index (κ2) is 2.92. The first-order valence-corrected chi connectivity index (χ1v) is 3.64. The third-order valence-electron chi connectivity index (χ3n) is 1.48. The Balaban J connectivity index is 2.74. The lowest BCUT2D eigenvalue weighted by atomic mass is 10.0. The summed E-state index contributed by atoms with van der Waals surface area (Å²) in [5, 5.41) is 0. The van der Waals surface area contributed by atoms with E-state index in [-0.39, 0.29) is 0 Å². The van der Waals surface area contributed by atoms with Gasteiger partial charge in [-0.2, -0.15) is 0 Å². The molecule has 48 valence electrons. The van der Waals surface area contributed by atoms with E-state index in [0.29, 0.717) is 0 Å². The Morgan fingerprint density at radius 2 is 2.44 bits per heavy atom. The lowest BCUT2D eigenvalue weighted by Gasteiger charge is -2.06. The second-order valence-corrected chi connectivity index (χ2v) is 2.59. The standard InChI is InChI=1S/C8H10S/c1-2-7-5-3-4-6-8(7)9/h3-5H,2,6H2,1H3. The van der Waals surface area contributed by atoms with E-state index >= 15 is 0 Å². The van der Waals surface area contributed by atoms with Gasteiger partial charge in [0.1, 0.15) is 0 Å². The van der Waals surface area contributed by atoms with Crippen LogP contribution < -0.4 is 0 Å². The molecule has 0 aliphatic heterocycles. The van der Waals surface area contributed by atoms with Crippen LogP contribution in [-0.2, 0) is 0 Å². The van der Waals surface area contributed by atoms with Crippen molar-refractivity contribution < 1.29 is 0 Å². The summed E-state index contributed by atoms with van der Waals surface area (Å²) in [5.74, 6) is 0. The molecular weight excluding hydrogens is 128 g/mol. The fraction of sp³-hybridized carbons (Fsp3) is 0.375. The molecule has 9 heavy (non-hydrogen) atoms. The van der Waals surface area contributed by atoms with Crippen LogP contribution in [0.25, 0.3) is 0 Å². The third-order valence-corrected chi connectivity index (χ3v) is 1.90. The van der Waals surface area contributed by atoms with Crippen molar-refractivity contribution in [2.24, 2.45) is 0 Å². The molecule has 0 spiro atoms. The van der Waals surface area contributed by atoms with E-state index in [4.69, 9.17) is 12.2 Å². The molecule has 0 amide bonds. The van der Waals surface area contributed by atoms with Gasteiger partial charge in [-0.1, -0.05) is 37.4 Å². The smallest absolute Gasteiger partial charge is 0.0221 e. The van der Waals surface area contributed by atoms with Crippen molar-refractivity contribution in [3.8, 4) is 0 Å². The summed E-state index contributed by atoms with van der Waals surface area (Å²) in [5.41, 5.74) is 1.33. The van der Waals surface area contributed by atoms with Gasteiger partial charge in [0.05, 0.1) is 0 Å². The van der Waals surface area contributed by atoms with Crippen LogP contribution in [0, 0.1) is 0 Å². The predicted octanol–water partition coefficient (Wildman–Crippen LogP) is 2.65. The minimum absolute atomic E-state index is 0.967. The van der Waals surface area contributed by atoms with Crippen LogP contribution in [0.2, 0.25) is 0 Å². The van der Waals surface area contributed by atoms with Gasteiger partial charge in [-0.15, -0.1) is 0 Å². The molecule has 0 bridgehead atoms. The average molecular weight is 138 g/mol. The van der Waals surface area contributed by atoms with Crippen molar-refractivity contribution in [1.82, 2.24) is 0 Å². The molecule has 1 heteroatoms. The number of hydrogen-bond acceptors (Lipinski definition) is 1. The van der Waals surface area contributed by atoms with Gasteiger partial charge in [0.15, 0.2) is 0 Å². The van der Waals surface area contributed by atoms with E-state index < -0.39 is 0 Å². The Bertz CT molecular complexity index is 175. The summed E-state index contributed by atoms with van der Waals surface area (Å²) in [6.45, 7) is 2.14. The zero-order chi connectivity index (χ0) is 6.69. The van der Waals surface area contributed by atoms with Gasteiger partial charge < -0.3 is 0 Å². The Morgan fingerprint density at radius 1 is 1.67 bits per heavy atom. The monoisotopic (exact) mass is 138 g/mol. The molecule has 0 N–H and O–H groups in total. The van der Waals surface area contributed by atoms with Gasteiger partial charge in [0, 0.05) is 11.3 Å². The topological polar surface area (TPSA) is 0 Å². The van der Waals surface area contributed by atoms with E-state index in [1.165, 1.54) is 5.57 Å². The van der Waals surface area contributed by atoms with Gasteiger partial charge in [0.2, 0.25) is 0 Å². The summed E-state index contributed by atoms with van der Waals surface area (Å²) in [4.78, 5) is 1.11. The first kappa shape index (κ1) is 6.69. The Kier molecular flexibility index (Phi) is 2.17. The molecule has 0 unspecified atom stereocenters. The van der Waals surface area contributed by atoms with Crippen LogP contribution >= 0.6 is 12.2 Å². The Labute approximate surface area is 61.3 Å². The zero-order valence-electron chi connectivity index (χ0n) is 5.55. The fourth-order valence-electron chi connectivity index (χ4n) is 0.898. The van der Waals surface area contributed by atoms with E-state index in [1.807, 2.05) is 0 Å². The highest BCUT2D eigenvalue weighted by molar-refractivity contribution is 7.80. The van der Waals surface area contributed by atoms with Crippen LogP contribution in [0.15, 0.2) is 23.8 Å². The molecule has 0 nitrogen and oxygen atoms in total. The number of rotatable bonds is 1. The molecule has 0 saturated carbocycles. The minimum Gasteiger partial charge on any atom is -0.0843 e. The third kappa shape index (κ3) is 1.49. The van der Waals surface area contributed by atoms with Crippen LogP contribution in [-0.4, -0.2) is 4.86 Å². The molecule has 0 heterocycles. The van der Waals surface area contributed by atoms with Crippen molar-refractivity contribution >= 4 is 17.1 Å². The summed E-state index contributed by atoms with van der Waals surface area (Å²) < 4.78 is 0. The van der Waals surface area contributed by atoms with E-state index in [0.717, 1.165) is 17.7 Å². The minimum atomic E-state index is 0.967. The summed E-state index contributed by atoms with van der Waals surface area (Å²) in [6.07, 6.45) is 8.32. The van der Waals surface area contributed by atoms with Gasteiger partial charge in [-0.05, 0) is 12.0 Å². The molecule has 0 saturated heterocycles. The first-order chi connectivity index (χ1) is 4.34. The molecule has 0 aromatic rings. The highest BCUT2D eigenvalue weighted by Crippen LogP contribution is 2.12. The van der Waals surface area contributed by atoms with Gasteiger partial charge in [-0.3, -0.25) is 0 Å². The van der Waals surface area contributed by atoms with Crippen LogP contribution in [0.1, 0.15) is 19.8 Å². The maximum Gasteiger partial charge on any atom is 0.0221 e. The van der Waals surface area contributed by atoms with Crippen molar-refractivity contribution in [3.05, 3.63) is 23.8 Å². The van der Waals surface area contributed by atoms with Crippen molar-refractivity contribution in [2.75, 3.05) is 0 Å². The molecule has 0 aromatic heterocycles. The van der Waals surface area contributed by atoms with Gasteiger partial charge >= 0.3 is 0 Å². The van der Waals surface area contributed by atoms with E-state index in [1.54, 1.807) is 0 Å². The van der Waals surface area contributed by atoms with Gasteiger partial charge in [-0.25, -0.2) is 0 Å². The number of thiocarbonyl (C=S) groups is 1. The molecule has 1 aliphatic rings. The summed E-state index contributed by atoms with van der Waals surface area (Å²) >= 11 is 5.11. The molecule has 1 aliphatic carbocycles. The summed E-state index contributed by atoms with van der Waals surface area (Å²) in [7, 11) is 0. The maximum absolute atomic E-state index is 5.11. The average Bonchev–Trinajstić information content (AvgIpc) is 1.89. The lowest BCUT2D eigenvalue weighted by molar-refractivity contribution is 1.16. The number of allylic oxidation sites excluding steroid dienone is 4. The fourth-order valence-corrected chi connectivity index (χ4v) is 1.21. The second-order valence-electron chi connectivity index (χ2n) is 2.10. The van der Waals surface area contributed by atoms with Crippen molar-refractivity contribution in [2.45, 2.75) is 19.8 Å². The maximum atomic E-state index is 5.11. The van der Waals surface area contributed by atoms with E-state index in [9.17, 15) is 0 Å². The normalized spacial score (nSPS) is 17.9. The highest BCUT2D eigenvalue weighted by Gasteiger charge is 2.01. The Hall–Kier alpha value is -0.430. The first-order valence-electron chi connectivity index (χ1n) is 3.23. The molecule has 0 fully saturated rings. The zero-order valence-corrected chi connectivity index (χ0v) is 6.37. The molecule has 1 rings (SSSR count). The van der Waals surface area contributed by atoms with Crippen LogP contribution in [0.4, 0.5) is 0 Å². The predicted molar refractivity (Wildman–Crippen MR) is 44.7 cm³/mol. The molecule has 0 radical (unpaired) electrons. The molecular formula is C8H10S. The van der Waals surface area contributed by atoms with E-state index in [2.05, 4.69) is 25.2 Å².